The van der Waals surface area contributed by atoms with Gasteiger partial charge in [-0.15, -0.1) is 0 Å². The molecule has 1 aromatic carbocycles. The van der Waals surface area contributed by atoms with Gasteiger partial charge in [0.25, 0.3) is 11.8 Å². The Morgan fingerprint density at radius 1 is 1.34 bits per heavy atom. The van der Waals surface area contributed by atoms with Gasteiger partial charge in [-0.1, -0.05) is 18.2 Å². The van der Waals surface area contributed by atoms with Crippen LogP contribution in [0.2, 0.25) is 5.28 Å². The molecule has 0 aliphatic carbocycles. The van der Waals surface area contributed by atoms with E-state index in [2.05, 4.69) is 25.3 Å². The highest BCUT2D eigenvalue weighted by atomic mass is 35.5. The molecule has 12 heteroatoms. The van der Waals surface area contributed by atoms with Crippen molar-refractivity contribution in [2.45, 2.75) is 18.9 Å². The van der Waals surface area contributed by atoms with Crippen molar-refractivity contribution in [1.29, 1.82) is 0 Å². The van der Waals surface area contributed by atoms with E-state index in [1.165, 1.54) is 18.2 Å². The summed E-state index contributed by atoms with van der Waals surface area (Å²) in [6, 6.07) is 5.28. The standard InChI is InChI=1S/C20H21ClF2N6O3/c1-11(12-3-2-4-13(9-12)20(22,23)10-30)24-15-14-16(28-19(21)27-15)26-17(25-14)18(31)29-5-7-32-8-6-29/h2-4,9,11,30H,5-8,10H2,1H3,(H2,24,25,26,27,28)/t11-/m1/s1. The number of aromatic nitrogens is 4. The van der Waals surface area contributed by atoms with E-state index in [4.69, 9.17) is 21.4 Å². The molecule has 3 aromatic rings. The fourth-order valence-electron chi connectivity index (χ4n) is 3.41. The SMILES string of the molecule is C[C@@H](Nc1nc(Cl)nc2nc(C(=O)N3CCOCC3)[nH]c12)c1cccc(C(F)(F)CO)c1. The number of aromatic amines is 1. The largest absolute Gasteiger partial charge is 0.390 e. The van der Waals surface area contributed by atoms with E-state index in [1.807, 2.05) is 0 Å². The third kappa shape index (κ3) is 4.50. The minimum atomic E-state index is -3.35. The molecule has 0 radical (unpaired) electrons. The summed E-state index contributed by atoms with van der Waals surface area (Å²) in [5, 5.41) is 12.0. The van der Waals surface area contributed by atoms with Crippen molar-refractivity contribution in [2.24, 2.45) is 0 Å². The van der Waals surface area contributed by atoms with Gasteiger partial charge in [-0.25, -0.2) is 4.98 Å². The van der Waals surface area contributed by atoms with Crippen molar-refractivity contribution in [3.05, 3.63) is 46.5 Å². The van der Waals surface area contributed by atoms with Gasteiger partial charge in [0.05, 0.1) is 19.3 Å². The van der Waals surface area contributed by atoms with Gasteiger partial charge < -0.3 is 25.0 Å². The lowest BCUT2D eigenvalue weighted by Crippen LogP contribution is -2.41. The first-order valence-electron chi connectivity index (χ1n) is 9.94. The number of alkyl halides is 2. The number of H-pyrrole nitrogens is 1. The molecule has 4 rings (SSSR count). The van der Waals surface area contributed by atoms with Crippen LogP contribution in [0.1, 0.15) is 34.7 Å². The Hall–Kier alpha value is -2.89. The second-order valence-electron chi connectivity index (χ2n) is 7.38. The first kappa shape index (κ1) is 22.3. The number of rotatable bonds is 6. The molecule has 0 bridgehead atoms. The number of carbonyl (C=O) groups is 1. The predicted octanol–water partition coefficient (Wildman–Crippen LogP) is 2.74. The van der Waals surface area contributed by atoms with Crippen LogP contribution >= 0.6 is 11.6 Å². The molecular weight excluding hydrogens is 446 g/mol. The topological polar surface area (TPSA) is 116 Å². The van der Waals surface area contributed by atoms with Crippen LogP contribution in [-0.2, 0) is 10.7 Å². The van der Waals surface area contributed by atoms with Crippen molar-refractivity contribution in [2.75, 3.05) is 38.2 Å². The molecule has 3 heterocycles. The molecule has 1 amide bonds. The molecule has 32 heavy (non-hydrogen) atoms. The third-order valence-electron chi connectivity index (χ3n) is 5.19. The summed E-state index contributed by atoms with van der Waals surface area (Å²) < 4.78 is 33.0. The first-order chi connectivity index (χ1) is 15.3. The maximum atomic E-state index is 13.9. The summed E-state index contributed by atoms with van der Waals surface area (Å²) in [6.07, 6.45) is 0. The number of ether oxygens (including phenoxy) is 1. The van der Waals surface area contributed by atoms with Gasteiger partial charge in [-0.05, 0) is 30.2 Å². The number of hydrogen-bond acceptors (Lipinski definition) is 7. The quantitative estimate of drug-likeness (QED) is 0.478. The minimum absolute atomic E-state index is 0.0790. The number of morpholine rings is 1. The van der Waals surface area contributed by atoms with Crippen molar-refractivity contribution in [1.82, 2.24) is 24.8 Å². The van der Waals surface area contributed by atoms with E-state index >= 15 is 0 Å². The van der Waals surface area contributed by atoms with Crippen LogP contribution in [-0.4, -0.2) is 68.8 Å². The van der Waals surface area contributed by atoms with Crippen molar-refractivity contribution < 1.29 is 23.4 Å². The highest BCUT2D eigenvalue weighted by Gasteiger charge is 2.31. The van der Waals surface area contributed by atoms with E-state index in [9.17, 15) is 13.6 Å². The smallest absolute Gasteiger partial charge is 0.295 e. The van der Waals surface area contributed by atoms with Crippen LogP contribution in [0.25, 0.3) is 11.2 Å². The van der Waals surface area contributed by atoms with E-state index < -0.39 is 18.6 Å². The number of amides is 1. The number of nitrogens with one attached hydrogen (secondary N) is 2. The molecule has 1 aliphatic heterocycles. The van der Waals surface area contributed by atoms with E-state index in [1.54, 1.807) is 17.9 Å². The zero-order chi connectivity index (χ0) is 22.9. The van der Waals surface area contributed by atoms with E-state index in [0.29, 0.717) is 37.4 Å². The summed E-state index contributed by atoms with van der Waals surface area (Å²) in [6.45, 7) is 2.30. The van der Waals surface area contributed by atoms with Crippen LogP contribution in [0.4, 0.5) is 14.6 Å². The minimum Gasteiger partial charge on any atom is -0.390 e. The Kier molecular flexibility index (Phi) is 6.22. The van der Waals surface area contributed by atoms with Gasteiger partial charge in [0.1, 0.15) is 12.1 Å². The maximum absolute atomic E-state index is 13.9. The number of hydrogen-bond donors (Lipinski definition) is 3. The molecule has 0 spiro atoms. The summed E-state index contributed by atoms with van der Waals surface area (Å²) in [5.41, 5.74) is 0.825. The van der Waals surface area contributed by atoms with Crippen LogP contribution in [0.15, 0.2) is 24.3 Å². The Morgan fingerprint density at radius 3 is 2.81 bits per heavy atom. The normalized spacial score (nSPS) is 15.7. The van der Waals surface area contributed by atoms with Crippen molar-refractivity contribution in [3.63, 3.8) is 0 Å². The number of carbonyl (C=O) groups excluding carboxylic acids is 1. The van der Waals surface area contributed by atoms with Crippen LogP contribution in [0, 0.1) is 0 Å². The molecule has 1 fully saturated rings. The van der Waals surface area contributed by atoms with Gasteiger partial charge in [-0.2, -0.15) is 18.7 Å². The molecule has 0 saturated carbocycles. The molecule has 2 aromatic heterocycles. The second kappa shape index (κ2) is 8.93. The zero-order valence-corrected chi connectivity index (χ0v) is 17.9. The number of imidazole rings is 1. The van der Waals surface area contributed by atoms with Gasteiger partial charge >= 0.3 is 0 Å². The van der Waals surface area contributed by atoms with E-state index in [0.717, 1.165) is 0 Å². The number of aliphatic hydroxyl groups is 1. The summed E-state index contributed by atoms with van der Waals surface area (Å²) in [4.78, 5) is 29.8. The first-order valence-corrected chi connectivity index (χ1v) is 10.3. The molecule has 1 atom stereocenters. The van der Waals surface area contributed by atoms with Gasteiger partial charge in [-0.3, -0.25) is 4.79 Å². The van der Waals surface area contributed by atoms with Crippen molar-refractivity contribution in [3.8, 4) is 0 Å². The molecular formula is C20H21ClF2N6O3. The number of nitrogens with zero attached hydrogens (tertiary/aromatic N) is 4. The lowest BCUT2D eigenvalue weighted by atomic mass is 10.0. The van der Waals surface area contributed by atoms with E-state index in [-0.39, 0.29) is 34.0 Å². The Balaban J connectivity index is 1.62. The molecule has 3 N–H and O–H groups in total. The molecule has 1 aliphatic rings. The fourth-order valence-corrected chi connectivity index (χ4v) is 3.57. The molecule has 0 unspecified atom stereocenters. The van der Waals surface area contributed by atoms with Gasteiger partial charge in [0, 0.05) is 18.7 Å². The summed E-state index contributed by atoms with van der Waals surface area (Å²) >= 11 is 6.04. The van der Waals surface area contributed by atoms with Crippen LogP contribution < -0.4 is 5.32 Å². The van der Waals surface area contributed by atoms with Gasteiger partial charge in [0.15, 0.2) is 17.3 Å². The number of halogens is 3. The Morgan fingerprint density at radius 2 is 2.09 bits per heavy atom. The number of benzene rings is 1. The number of aliphatic hydroxyl groups excluding tert-OH is 1. The molecule has 1 saturated heterocycles. The van der Waals surface area contributed by atoms with Gasteiger partial charge in [0.2, 0.25) is 5.28 Å². The van der Waals surface area contributed by atoms with Crippen LogP contribution in [0.3, 0.4) is 0 Å². The summed E-state index contributed by atoms with van der Waals surface area (Å²) in [5.74, 6) is -3.27. The predicted molar refractivity (Wildman–Crippen MR) is 113 cm³/mol. The average molecular weight is 467 g/mol. The Labute approximate surface area is 186 Å². The van der Waals surface area contributed by atoms with Crippen LogP contribution in [0.5, 0.6) is 0 Å². The zero-order valence-electron chi connectivity index (χ0n) is 17.1. The fraction of sp³-hybridized carbons (Fsp3) is 0.400. The maximum Gasteiger partial charge on any atom is 0.295 e. The number of anilines is 1. The summed E-state index contributed by atoms with van der Waals surface area (Å²) in [7, 11) is 0. The molecule has 170 valence electrons. The van der Waals surface area contributed by atoms with Crippen molar-refractivity contribution >= 4 is 34.5 Å². The second-order valence-corrected chi connectivity index (χ2v) is 7.72. The average Bonchev–Trinajstić information content (AvgIpc) is 3.23. The Bertz CT molecular complexity index is 1140. The lowest BCUT2D eigenvalue weighted by Gasteiger charge is -2.25. The molecule has 9 nitrogen and oxygen atoms in total. The number of fused-ring (bicyclic) bond motifs is 1. The highest BCUT2D eigenvalue weighted by molar-refractivity contribution is 6.28. The lowest BCUT2D eigenvalue weighted by molar-refractivity contribution is -0.0556. The monoisotopic (exact) mass is 466 g/mol. The highest BCUT2D eigenvalue weighted by Crippen LogP contribution is 2.30. The third-order valence-corrected chi connectivity index (χ3v) is 5.35.